The molecule has 110 valence electrons. The summed E-state index contributed by atoms with van der Waals surface area (Å²) in [5.41, 5.74) is 2.57. The molecule has 0 bridgehead atoms. The van der Waals surface area contributed by atoms with Gasteiger partial charge in [-0.2, -0.15) is 0 Å². The van der Waals surface area contributed by atoms with Crippen molar-refractivity contribution in [3.8, 4) is 5.75 Å². The molecular formula is C14H14ClN3O2S. The van der Waals surface area contributed by atoms with Gasteiger partial charge in [-0.15, -0.1) is 11.8 Å². The first kappa shape index (κ1) is 15.6. The van der Waals surface area contributed by atoms with E-state index in [0.717, 1.165) is 10.8 Å². The van der Waals surface area contributed by atoms with E-state index in [9.17, 15) is 4.79 Å². The summed E-state index contributed by atoms with van der Waals surface area (Å²) in [6, 6.07) is 10.5. The lowest BCUT2D eigenvalue weighted by atomic mass is 10.2. The summed E-state index contributed by atoms with van der Waals surface area (Å²) in [4.78, 5) is 15.5. The number of thioether (sulfide) groups is 1. The molecule has 3 N–H and O–H groups in total. The molecule has 0 atom stereocenters. The van der Waals surface area contributed by atoms with Crippen molar-refractivity contribution in [2.75, 3.05) is 12.4 Å². The highest BCUT2D eigenvalue weighted by Gasteiger charge is 2.03. The van der Waals surface area contributed by atoms with Crippen LogP contribution in [0.3, 0.4) is 0 Å². The number of carbonyl (C=O) groups excluding carboxylic acids is 1. The smallest absolute Gasteiger partial charge is 0.265 e. The largest absolute Gasteiger partial charge is 0.493 e. The van der Waals surface area contributed by atoms with Crippen LogP contribution in [0, 0.1) is 0 Å². The highest BCUT2D eigenvalue weighted by molar-refractivity contribution is 7.99. The lowest BCUT2D eigenvalue weighted by Gasteiger charge is -2.06. The maximum Gasteiger partial charge on any atom is 0.265 e. The van der Waals surface area contributed by atoms with Crippen molar-refractivity contribution in [1.82, 2.24) is 10.4 Å². The van der Waals surface area contributed by atoms with E-state index in [2.05, 4.69) is 10.4 Å². The molecule has 21 heavy (non-hydrogen) atoms. The van der Waals surface area contributed by atoms with Gasteiger partial charge in [0, 0.05) is 17.5 Å². The fraction of sp³-hybridized carbons (Fsp3) is 0.143. The van der Waals surface area contributed by atoms with E-state index in [-0.39, 0.29) is 5.91 Å². The second kappa shape index (κ2) is 7.87. The Labute approximate surface area is 131 Å². The van der Waals surface area contributed by atoms with E-state index in [4.69, 9.17) is 22.2 Å². The van der Waals surface area contributed by atoms with Crippen LogP contribution in [0.15, 0.2) is 47.6 Å². The average molecular weight is 324 g/mol. The summed E-state index contributed by atoms with van der Waals surface area (Å²) < 4.78 is 5.58. The van der Waals surface area contributed by atoms with Crippen molar-refractivity contribution >= 4 is 29.3 Å². The number of nitrogens with two attached hydrogens (primary N) is 1. The number of hydrogen-bond donors (Lipinski definition) is 2. The molecule has 5 nitrogen and oxygen atoms in total. The van der Waals surface area contributed by atoms with Gasteiger partial charge in [0.2, 0.25) is 0 Å². The monoisotopic (exact) mass is 323 g/mol. The minimum atomic E-state index is -0.328. The van der Waals surface area contributed by atoms with Crippen LogP contribution >= 0.6 is 23.4 Å². The number of ether oxygens (including phenoxy) is 1. The first-order valence-corrected chi connectivity index (χ1v) is 7.53. The van der Waals surface area contributed by atoms with Crippen LogP contribution in [-0.2, 0) is 0 Å². The van der Waals surface area contributed by atoms with E-state index >= 15 is 0 Å². The SMILES string of the molecule is NNC(=O)c1ccc(OCCSc2ccc(Cl)cn2)cc1. The normalized spacial score (nSPS) is 10.2. The molecular weight excluding hydrogens is 310 g/mol. The molecule has 7 heteroatoms. The summed E-state index contributed by atoms with van der Waals surface area (Å²) in [6.45, 7) is 0.539. The third-order valence-electron chi connectivity index (χ3n) is 2.55. The third-order valence-corrected chi connectivity index (χ3v) is 3.68. The van der Waals surface area contributed by atoms with Crippen LogP contribution in [0.2, 0.25) is 5.02 Å². The van der Waals surface area contributed by atoms with E-state index in [1.807, 2.05) is 6.07 Å². The molecule has 0 spiro atoms. The molecule has 1 aromatic heterocycles. The van der Waals surface area contributed by atoms with E-state index < -0.39 is 0 Å². The van der Waals surface area contributed by atoms with Gasteiger partial charge in [0.15, 0.2) is 0 Å². The van der Waals surface area contributed by atoms with Crippen molar-refractivity contribution in [3.63, 3.8) is 0 Å². The topological polar surface area (TPSA) is 77.2 Å². The number of carbonyl (C=O) groups is 1. The molecule has 0 aliphatic carbocycles. The zero-order valence-corrected chi connectivity index (χ0v) is 12.7. The minimum absolute atomic E-state index is 0.328. The maximum atomic E-state index is 11.3. The van der Waals surface area contributed by atoms with Gasteiger partial charge in [-0.1, -0.05) is 11.6 Å². The number of hydrazine groups is 1. The third kappa shape index (κ3) is 4.93. The number of nitrogens with zero attached hydrogens (tertiary/aromatic N) is 1. The Kier molecular flexibility index (Phi) is 5.86. The zero-order valence-electron chi connectivity index (χ0n) is 11.1. The average Bonchev–Trinajstić information content (AvgIpc) is 2.53. The second-order valence-corrected chi connectivity index (χ2v) is 5.56. The predicted molar refractivity (Wildman–Crippen MR) is 83.6 cm³/mol. The lowest BCUT2D eigenvalue weighted by molar-refractivity contribution is 0.0953. The molecule has 1 amide bonds. The summed E-state index contributed by atoms with van der Waals surface area (Å²) in [5, 5.41) is 1.52. The Balaban J connectivity index is 1.75. The first-order valence-electron chi connectivity index (χ1n) is 6.17. The van der Waals surface area contributed by atoms with Crippen molar-refractivity contribution in [2.45, 2.75) is 5.03 Å². The van der Waals surface area contributed by atoms with E-state index in [1.54, 1.807) is 48.3 Å². The number of halogens is 1. The van der Waals surface area contributed by atoms with Crippen LogP contribution in [0.1, 0.15) is 10.4 Å². The van der Waals surface area contributed by atoms with Gasteiger partial charge in [-0.25, -0.2) is 10.8 Å². The highest BCUT2D eigenvalue weighted by atomic mass is 35.5. The molecule has 2 rings (SSSR count). The number of hydrogen-bond acceptors (Lipinski definition) is 5. The standard InChI is InChI=1S/C14H14ClN3O2S/c15-11-3-6-13(17-9-11)21-8-7-20-12-4-1-10(2-5-12)14(19)18-16/h1-6,9H,7-8,16H2,(H,18,19). The fourth-order valence-corrected chi connectivity index (χ4v) is 2.32. The van der Waals surface area contributed by atoms with Crippen LogP contribution in [-0.4, -0.2) is 23.3 Å². The maximum absolute atomic E-state index is 11.3. The Morgan fingerprint density at radius 3 is 2.67 bits per heavy atom. The zero-order chi connectivity index (χ0) is 15.1. The fourth-order valence-electron chi connectivity index (χ4n) is 1.54. The molecule has 0 aliphatic heterocycles. The number of nitrogens with one attached hydrogen (secondary N) is 1. The van der Waals surface area contributed by atoms with Crippen molar-refractivity contribution < 1.29 is 9.53 Å². The number of pyridine rings is 1. The van der Waals surface area contributed by atoms with Gasteiger partial charge in [-0.3, -0.25) is 10.2 Å². The van der Waals surface area contributed by atoms with Gasteiger partial charge < -0.3 is 4.74 Å². The first-order chi connectivity index (χ1) is 10.2. The molecule has 0 aliphatic rings. The van der Waals surface area contributed by atoms with Crippen molar-refractivity contribution in [1.29, 1.82) is 0 Å². The molecule has 0 saturated heterocycles. The van der Waals surface area contributed by atoms with Gasteiger partial charge in [0.05, 0.1) is 16.7 Å². The molecule has 2 aromatic rings. The van der Waals surface area contributed by atoms with E-state index in [0.29, 0.717) is 22.9 Å². The van der Waals surface area contributed by atoms with Gasteiger partial charge in [0.1, 0.15) is 5.75 Å². The van der Waals surface area contributed by atoms with Crippen LogP contribution in [0.4, 0.5) is 0 Å². The summed E-state index contributed by atoms with van der Waals surface area (Å²) >= 11 is 7.35. The minimum Gasteiger partial charge on any atom is -0.493 e. The predicted octanol–water partition coefficient (Wildman–Crippen LogP) is 2.51. The quantitative estimate of drug-likeness (QED) is 0.281. The van der Waals surface area contributed by atoms with Crippen LogP contribution in [0.25, 0.3) is 0 Å². The highest BCUT2D eigenvalue weighted by Crippen LogP contribution is 2.18. The Morgan fingerprint density at radius 2 is 2.05 bits per heavy atom. The molecule has 0 unspecified atom stereocenters. The Hall–Kier alpha value is -1.76. The van der Waals surface area contributed by atoms with Gasteiger partial charge >= 0.3 is 0 Å². The number of benzene rings is 1. The summed E-state index contributed by atoms with van der Waals surface area (Å²) in [5.74, 6) is 6.19. The Bertz CT molecular complexity index is 590. The molecule has 1 heterocycles. The second-order valence-electron chi connectivity index (χ2n) is 4.01. The van der Waals surface area contributed by atoms with Crippen molar-refractivity contribution in [2.24, 2.45) is 5.84 Å². The number of rotatable bonds is 6. The van der Waals surface area contributed by atoms with Crippen LogP contribution in [0.5, 0.6) is 5.75 Å². The van der Waals surface area contributed by atoms with E-state index in [1.165, 1.54) is 0 Å². The summed E-state index contributed by atoms with van der Waals surface area (Å²) in [6.07, 6.45) is 1.62. The lowest BCUT2D eigenvalue weighted by Crippen LogP contribution is -2.29. The molecule has 0 radical (unpaired) electrons. The number of amides is 1. The van der Waals surface area contributed by atoms with Crippen LogP contribution < -0.4 is 16.0 Å². The Morgan fingerprint density at radius 1 is 1.29 bits per heavy atom. The van der Waals surface area contributed by atoms with Gasteiger partial charge in [-0.05, 0) is 36.4 Å². The van der Waals surface area contributed by atoms with Gasteiger partial charge in [0.25, 0.3) is 5.91 Å². The molecule has 0 saturated carbocycles. The number of aromatic nitrogens is 1. The molecule has 0 fully saturated rings. The molecule has 1 aromatic carbocycles. The number of nitrogen functional groups attached to an aromatic ring is 1. The summed E-state index contributed by atoms with van der Waals surface area (Å²) in [7, 11) is 0. The van der Waals surface area contributed by atoms with Crippen molar-refractivity contribution in [3.05, 3.63) is 53.2 Å².